The average molecular weight is 134 g/mol. The second kappa shape index (κ2) is 4.57. The quantitative estimate of drug-likeness (QED) is 0.523. The van der Waals surface area contributed by atoms with E-state index in [2.05, 4.69) is 12.3 Å². The van der Waals surface area contributed by atoms with Gasteiger partial charge in [-0.15, -0.1) is 5.73 Å². The molecule has 0 unspecified atom stereocenters. The van der Waals surface area contributed by atoms with Gasteiger partial charge >= 0.3 is 0 Å². The summed E-state index contributed by atoms with van der Waals surface area (Å²) >= 11 is 0. The molecule has 0 amide bonds. The molecule has 1 nitrogen and oxygen atoms in total. The van der Waals surface area contributed by atoms with Crippen molar-refractivity contribution in [1.29, 1.82) is 0 Å². The topological polar surface area (TPSA) is 31.5 Å². The summed E-state index contributed by atoms with van der Waals surface area (Å²) in [6.45, 7) is 3.48. The zero-order valence-electron chi connectivity index (χ0n) is 5.67. The predicted molar refractivity (Wildman–Crippen MR) is 43.7 cm³/mol. The summed E-state index contributed by atoms with van der Waals surface area (Å²) in [6.07, 6.45) is 1.85. The predicted octanol–water partition coefficient (Wildman–Crippen LogP) is 1.66. The van der Waals surface area contributed by atoms with Crippen molar-refractivity contribution in [3.8, 4) is 0 Å². The van der Waals surface area contributed by atoms with Crippen molar-refractivity contribution >= 4 is 6.08 Å². The van der Waals surface area contributed by atoms with Crippen LogP contribution in [0.15, 0.2) is 42.6 Å². The molecule has 52 valence electrons. The molecule has 1 heteroatoms. The molecule has 0 radical (unpaired) electrons. The van der Waals surface area contributed by atoms with E-state index in [1.165, 1.54) is 0 Å². The fourth-order valence-electron chi connectivity index (χ4n) is 0.667. The second-order valence-electron chi connectivity index (χ2n) is 1.76. The molecule has 0 aliphatic carbocycles. The zero-order chi connectivity index (χ0) is 6.53. The maximum absolute atomic E-state index is 3.48. The lowest BCUT2D eigenvalue weighted by Gasteiger charge is -1.85. The summed E-state index contributed by atoms with van der Waals surface area (Å²) in [5, 5.41) is 0. The Morgan fingerprint density at radius 2 is 1.80 bits per heavy atom. The first kappa shape index (κ1) is 8.70. The molecular weight excluding hydrogens is 124 g/mol. The minimum absolute atomic E-state index is 0. The Morgan fingerprint density at radius 1 is 1.20 bits per heavy atom. The molecule has 0 atom stereocenters. The second-order valence-corrected chi connectivity index (χ2v) is 1.76. The Labute approximate surface area is 60.6 Å². The molecule has 0 aliphatic heterocycles. The molecular formula is C9H10O. The highest BCUT2D eigenvalue weighted by atomic mass is 16.0. The van der Waals surface area contributed by atoms with E-state index in [1.54, 1.807) is 0 Å². The maximum Gasteiger partial charge on any atom is -0.0133 e. The Morgan fingerprint density at radius 3 is 2.30 bits per heavy atom. The van der Waals surface area contributed by atoms with Crippen LogP contribution >= 0.6 is 0 Å². The molecule has 0 spiro atoms. The van der Waals surface area contributed by atoms with Crippen molar-refractivity contribution in [3.63, 3.8) is 0 Å². The fraction of sp³-hybridized carbons (Fsp3) is 0. The van der Waals surface area contributed by atoms with Crippen LogP contribution in [0.5, 0.6) is 0 Å². The van der Waals surface area contributed by atoms with Crippen LogP contribution in [-0.4, -0.2) is 5.48 Å². The third-order valence-corrected chi connectivity index (χ3v) is 1.07. The zero-order valence-corrected chi connectivity index (χ0v) is 5.67. The van der Waals surface area contributed by atoms with Crippen molar-refractivity contribution in [2.45, 2.75) is 0 Å². The summed E-state index contributed by atoms with van der Waals surface area (Å²) < 4.78 is 0. The Balaban J connectivity index is 0.000000810. The normalized spacial score (nSPS) is 7.20. The molecule has 0 aliphatic rings. The Bertz CT molecular complexity index is 220. The van der Waals surface area contributed by atoms with Crippen LogP contribution in [0.25, 0.3) is 6.08 Å². The van der Waals surface area contributed by atoms with E-state index < -0.39 is 0 Å². The molecule has 0 heterocycles. The molecule has 1 aromatic rings. The van der Waals surface area contributed by atoms with Crippen molar-refractivity contribution < 1.29 is 5.48 Å². The van der Waals surface area contributed by atoms with E-state index in [9.17, 15) is 0 Å². The van der Waals surface area contributed by atoms with Crippen molar-refractivity contribution in [2.24, 2.45) is 0 Å². The molecule has 1 rings (SSSR count). The van der Waals surface area contributed by atoms with Gasteiger partial charge in [-0.3, -0.25) is 0 Å². The smallest absolute Gasteiger partial charge is 0.0133 e. The number of hydrogen-bond donors (Lipinski definition) is 0. The molecule has 10 heavy (non-hydrogen) atoms. The van der Waals surface area contributed by atoms with Crippen molar-refractivity contribution in [1.82, 2.24) is 0 Å². The van der Waals surface area contributed by atoms with E-state index in [4.69, 9.17) is 0 Å². The highest BCUT2D eigenvalue weighted by Gasteiger charge is 1.77. The summed E-state index contributed by atoms with van der Waals surface area (Å²) in [6, 6.07) is 9.99. The van der Waals surface area contributed by atoms with Gasteiger partial charge in [0.2, 0.25) is 0 Å². The third kappa shape index (κ3) is 2.31. The maximum atomic E-state index is 3.48. The molecule has 0 saturated carbocycles. The Hall–Kier alpha value is -1.30. The minimum atomic E-state index is 0. The first-order chi connectivity index (χ1) is 4.43. The largest absolute Gasteiger partial charge is 0.412 e. The van der Waals surface area contributed by atoms with Crippen molar-refractivity contribution in [2.75, 3.05) is 0 Å². The first-order valence-electron chi connectivity index (χ1n) is 2.84. The summed E-state index contributed by atoms with van der Waals surface area (Å²) in [5.74, 6) is 0. The van der Waals surface area contributed by atoms with E-state index in [-0.39, 0.29) is 5.48 Å². The van der Waals surface area contributed by atoms with Gasteiger partial charge in [0.05, 0.1) is 0 Å². The van der Waals surface area contributed by atoms with Crippen LogP contribution < -0.4 is 0 Å². The van der Waals surface area contributed by atoms with Crippen LogP contribution in [0.3, 0.4) is 0 Å². The van der Waals surface area contributed by atoms with Gasteiger partial charge < -0.3 is 5.48 Å². The summed E-state index contributed by atoms with van der Waals surface area (Å²) in [5.41, 5.74) is 3.85. The van der Waals surface area contributed by atoms with Gasteiger partial charge in [-0.25, -0.2) is 0 Å². The van der Waals surface area contributed by atoms with Gasteiger partial charge in [0.25, 0.3) is 0 Å². The SMILES string of the molecule is C=C=Cc1ccccc1.O. The molecule has 0 fully saturated rings. The van der Waals surface area contributed by atoms with E-state index >= 15 is 0 Å². The standard InChI is InChI=1S/C9H8.H2O/c1-2-6-9-7-4-3-5-8-9;/h3-8H,1H2;1H2. The van der Waals surface area contributed by atoms with E-state index in [1.807, 2.05) is 36.4 Å². The first-order valence-corrected chi connectivity index (χ1v) is 2.84. The molecule has 2 N–H and O–H groups in total. The average Bonchev–Trinajstić information content (AvgIpc) is 1.91. The van der Waals surface area contributed by atoms with Crippen LogP contribution in [0.1, 0.15) is 5.56 Å². The highest BCUT2D eigenvalue weighted by molar-refractivity contribution is 5.47. The van der Waals surface area contributed by atoms with Crippen LogP contribution in [0.4, 0.5) is 0 Å². The highest BCUT2D eigenvalue weighted by Crippen LogP contribution is 1.98. The van der Waals surface area contributed by atoms with Crippen LogP contribution in [0.2, 0.25) is 0 Å². The lowest BCUT2D eigenvalue weighted by atomic mass is 10.2. The summed E-state index contributed by atoms with van der Waals surface area (Å²) in [4.78, 5) is 0. The van der Waals surface area contributed by atoms with Crippen molar-refractivity contribution in [3.05, 3.63) is 48.2 Å². The van der Waals surface area contributed by atoms with Gasteiger partial charge in [0, 0.05) is 0 Å². The van der Waals surface area contributed by atoms with Crippen LogP contribution in [0, 0.1) is 0 Å². The summed E-state index contributed by atoms with van der Waals surface area (Å²) in [7, 11) is 0. The third-order valence-electron chi connectivity index (χ3n) is 1.07. The number of rotatable bonds is 1. The lowest BCUT2D eigenvalue weighted by Crippen LogP contribution is -1.64. The van der Waals surface area contributed by atoms with E-state index in [0.29, 0.717) is 0 Å². The van der Waals surface area contributed by atoms with E-state index in [0.717, 1.165) is 5.56 Å². The van der Waals surface area contributed by atoms with Gasteiger partial charge in [0.15, 0.2) is 0 Å². The lowest BCUT2D eigenvalue weighted by molar-refractivity contribution is 0.824. The van der Waals surface area contributed by atoms with Gasteiger partial charge in [-0.1, -0.05) is 36.9 Å². The molecule has 0 saturated heterocycles. The monoisotopic (exact) mass is 134 g/mol. The molecule has 0 bridgehead atoms. The molecule has 1 aromatic carbocycles. The molecule has 0 aromatic heterocycles. The number of benzene rings is 1. The number of hydrogen-bond acceptors (Lipinski definition) is 0. The fourth-order valence-corrected chi connectivity index (χ4v) is 0.667. The van der Waals surface area contributed by atoms with Gasteiger partial charge in [0.1, 0.15) is 0 Å². The van der Waals surface area contributed by atoms with Gasteiger partial charge in [-0.2, -0.15) is 0 Å². The Kier molecular flexibility index (Phi) is 3.97. The van der Waals surface area contributed by atoms with Gasteiger partial charge in [-0.05, 0) is 11.6 Å². The van der Waals surface area contributed by atoms with Crippen LogP contribution in [-0.2, 0) is 0 Å². The minimum Gasteiger partial charge on any atom is -0.412 e.